The number of unbranched alkanes of at least 4 members (excludes halogenated alkanes) is 1. The molecule has 1 atom stereocenters. The Morgan fingerprint density at radius 1 is 1.21 bits per heavy atom. The Morgan fingerprint density at radius 3 is 2.50 bits per heavy atom. The highest BCUT2D eigenvalue weighted by molar-refractivity contribution is 5.74. The molecule has 1 unspecified atom stereocenters. The molecule has 0 bridgehead atoms. The maximum atomic E-state index is 12.5. The molecule has 2 aromatic rings. The number of hydrogen-bond donors (Lipinski definition) is 0. The normalized spacial score (nSPS) is 12.4. The monoisotopic (exact) mass is 328 g/mol. The van der Waals surface area contributed by atoms with Gasteiger partial charge in [0.2, 0.25) is 5.88 Å². The van der Waals surface area contributed by atoms with Crippen molar-refractivity contribution in [2.24, 2.45) is 5.92 Å². The zero-order valence-corrected chi connectivity index (χ0v) is 15.2. The van der Waals surface area contributed by atoms with Gasteiger partial charge in [-0.1, -0.05) is 58.7 Å². The van der Waals surface area contributed by atoms with Crippen LogP contribution in [0.25, 0.3) is 5.69 Å². The summed E-state index contributed by atoms with van der Waals surface area (Å²) in [6.45, 7) is 8.34. The summed E-state index contributed by atoms with van der Waals surface area (Å²) in [6.07, 6.45) is 3.81. The number of nitrogens with zero attached hydrogens (tertiary/aromatic N) is 2. The third-order valence-corrected chi connectivity index (χ3v) is 4.23. The van der Waals surface area contributed by atoms with Crippen LogP contribution in [0.4, 0.5) is 0 Å². The van der Waals surface area contributed by atoms with E-state index in [0.717, 1.165) is 37.1 Å². The maximum absolute atomic E-state index is 12.5. The van der Waals surface area contributed by atoms with Crippen molar-refractivity contribution in [1.82, 2.24) is 9.78 Å². The molecule has 0 aliphatic rings. The molecular weight excluding hydrogens is 300 g/mol. The lowest BCUT2D eigenvalue weighted by atomic mass is 10.00. The topological polar surface area (TPSA) is 44.1 Å². The van der Waals surface area contributed by atoms with Crippen LogP contribution < -0.4 is 4.74 Å². The summed E-state index contributed by atoms with van der Waals surface area (Å²) in [7, 11) is 0. The Bertz CT molecular complexity index is 647. The highest BCUT2D eigenvalue weighted by Crippen LogP contribution is 2.25. The first-order valence-electron chi connectivity index (χ1n) is 8.93. The molecule has 0 saturated heterocycles. The lowest BCUT2D eigenvalue weighted by Crippen LogP contribution is -2.21. The van der Waals surface area contributed by atoms with Crippen molar-refractivity contribution in [3.63, 3.8) is 0 Å². The van der Waals surface area contributed by atoms with Crippen LogP contribution in [0.3, 0.4) is 0 Å². The summed E-state index contributed by atoms with van der Waals surface area (Å²) in [5.41, 5.74) is 1.82. The van der Waals surface area contributed by atoms with Crippen molar-refractivity contribution in [3.8, 4) is 11.6 Å². The van der Waals surface area contributed by atoms with Gasteiger partial charge in [0.05, 0.1) is 17.3 Å². The van der Waals surface area contributed by atoms with Crippen LogP contribution >= 0.6 is 0 Å². The van der Waals surface area contributed by atoms with Crippen molar-refractivity contribution in [1.29, 1.82) is 0 Å². The van der Waals surface area contributed by atoms with Gasteiger partial charge in [-0.25, -0.2) is 4.68 Å². The first-order chi connectivity index (χ1) is 11.6. The zero-order valence-electron chi connectivity index (χ0n) is 15.2. The van der Waals surface area contributed by atoms with E-state index >= 15 is 0 Å². The molecule has 0 amide bonds. The van der Waals surface area contributed by atoms with E-state index in [2.05, 4.69) is 25.9 Å². The molecule has 2 rings (SSSR count). The molecule has 1 aromatic carbocycles. The van der Waals surface area contributed by atoms with Gasteiger partial charge < -0.3 is 4.74 Å². The molecule has 0 aliphatic heterocycles. The average Bonchev–Trinajstić information content (AvgIpc) is 3.00. The van der Waals surface area contributed by atoms with E-state index in [0.29, 0.717) is 5.88 Å². The van der Waals surface area contributed by atoms with E-state index < -0.39 is 0 Å². The number of benzene rings is 1. The van der Waals surface area contributed by atoms with Crippen molar-refractivity contribution < 1.29 is 9.53 Å². The molecular formula is C20H28N2O2. The van der Waals surface area contributed by atoms with E-state index in [9.17, 15) is 4.79 Å². The van der Waals surface area contributed by atoms with Gasteiger partial charge in [0.1, 0.15) is 0 Å². The third kappa shape index (κ3) is 4.47. The minimum atomic E-state index is -0.154. The number of para-hydroxylation sites is 1. The second-order valence-electron chi connectivity index (χ2n) is 6.48. The first kappa shape index (κ1) is 18.2. The summed E-state index contributed by atoms with van der Waals surface area (Å²) in [6, 6.07) is 11.7. The van der Waals surface area contributed by atoms with E-state index in [-0.39, 0.29) is 17.8 Å². The predicted octanol–water partition coefficient (Wildman–Crippen LogP) is 5.12. The van der Waals surface area contributed by atoms with E-state index in [1.165, 1.54) is 0 Å². The second kappa shape index (κ2) is 8.67. The molecule has 4 nitrogen and oxygen atoms in total. The molecule has 0 aliphatic carbocycles. The van der Waals surface area contributed by atoms with E-state index in [4.69, 9.17) is 4.74 Å². The van der Waals surface area contributed by atoms with Crippen molar-refractivity contribution >= 4 is 5.97 Å². The molecule has 24 heavy (non-hydrogen) atoms. The summed E-state index contributed by atoms with van der Waals surface area (Å²) >= 11 is 0. The molecule has 1 aromatic heterocycles. The lowest BCUT2D eigenvalue weighted by Gasteiger charge is -2.14. The third-order valence-electron chi connectivity index (χ3n) is 4.23. The zero-order chi connectivity index (χ0) is 17.5. The van der Waals surface area contributed by atoms with Crippen LogP contribution in [0.5, 0.6) is 5.88 Å². The van der Waals surface area contributed by atoms with Crippen LogP contribution in [-0.2, 0) is 4.79 Å². The largest absolute Gasteiger partial charge is 0.407 e. The van der Waals surface area contributed by atoms with E-state index in [1.54, 1.807) is 4.68 Å². The number of esters is 1. The van der Waals surface area contributed by atoms with Crippen molar-refractivity contribution in [3.05, 3.63) is 42.1 Å². The minimum Gasteiger partial charge on any atom is -0.407 e. The maximum Gasteiger partial charge on any atom is 0.315 e. The molecule has 0 fully saturated rings. The van der Waals surface area contributed by atoms with Crippen LogP contribution in [0.2, 0.25) is 0 Å². The van der Waals surface area contributed by atoms with Gasteiger partial charge in [-0.2, -0.15) is 5.10 Å². The number of rotatable bonds is 8. The highest BCUT2D eigenvalue weighted by Gasteiger charge is 2.22. The quantitative estimate of drug-likeness (QED) is 0.632. The predicted molar refractivity (Wildman–Crippen MR) is 96.6 cm³/mol. The average molecular weight is 328 g/mol. The number of aromatic nitrogens is 2. The smallest absolute Gasteiger partial charge is 0.315 e. The fraction of sp³-hybridized carbons (Fsp3) is 0.500. The number of hydrogen-bond acceptors (Lipinski definition) is 3. The van der Waals surface area contributed by atoms with Gasteiger partial charge >= 0.3 is 5.97 Å². The SMILES string of the molecule is CCCCC(CC)C(=O)Oc1cc(C(C)C)nn1-c1ccccc1. The van der Waals surface area contributed by atoms with Crippen molar-refractivity contribution in [2.45, 2.75) is 59.3 Å². The number of ether oxygens (including phenoxy) is 1. The molecule has 0 radical (unpaired) electrons. The molecule has 0 N–H and O–H groups in total. The van der Waals surface area contributed by atoms with E-state index in [1.807, 2.05) is 43.3 Å². The fourth-order valence-corrected chi connectivity index (χ4v) is 2.62. The fourth-order valence-electron chi connectivity index (χ4n) is 2.62. The second-order valence-corrected chi connectivity index (χ2v) is 6.48. The van der Waals surface area contributed by atoms with Gasteiger partial charge in [-0.05, 0) is 30.9 Å². The summed E-state index contributed by atoms with van der Waals surface area (Å²) in [5.74, 6) is 0.573. The highest BCUT2D eigenvalue weighted by atomic mass is 16.5. The standard InChI is InChI=1S/C20H28N2O2/c1-5-7-11-16(6-2)20(23)24-19-14-18(15(3)4)21-22(19)17-12-9-8-10-13-17/h8-10,12-16H,5-7,11H2,1-4H3. The number of carbonyl (C=O) groups excluding carboxylic acids is 1. The first-order valence-corrected chi connectivity index (χ1v) is 8.93. The van der Waals surface area contributed by atoms with Crippen molar-refractivity contribution in [2.75, 3.05) is 0 Å². The lowest BCUT2D eigenvalue weighted by molar-refractivity contribution is -0.139. The van der Waals surface area contributed by atoms with Crippen LogP contribution in [0.15, 0.2) is 36.4 Å². The molecule has 1 heterocycles. The molecule has 0 saturated carbocycles. The summed E-state index contributed by atoms with van der Waals surface area (Å²) in [4.78, 5) is 12.5. The summed E-state index contributed by atoms with van der Waals surface area (Å²) < 4.78 is 7.46. The summed E-state index contributed by atoms with van der Waals surface area (Å²) in [5, 5.41) is 4.62. The van der Waals surface area contributed by atoms with Crippen LogP contribution in [0.1, 0.15) is 65.0 Å². The molecule has 0 spiro atoms. The van der Waals surface area contributed by atoms with Crippen LogP contribution in [0, 0.1) is 5.92 Å². The Balaban J connectivity index is 2.26. The minimum absolute atomic E-state index is 0.0495. The number of carbonyl (C=O) groups is 1. The van der Waals surface area contributed by atoms with Crippen LogP contribution in [-0.4, -0.2) is 15.7 Å². The Labute approximate surface area is 144 Å². The Hall–Kier alpha value is -2.10. The Morgan fingerprint density at radius 2 is 1.92 bits per heavy atom. The molecule has 4 heteroatoms. The van der Waals surface area contributed by atoms with Gasteiger partial charge in [0, 0.05) is 6.07 Å². The van der Waals surface area contributed by atoms with Gasteiger partial charge in [0.25, 0.3) is 0 Å². The van der Waals surface area contributed by atoms with Gasteiger partial charge in [-0.3, -0.25) is 4.79 Å². The van der Waals surface area contributed by atoms with Gasteiger partial charge in [-0.15, -0.1) is 0 Å². The Kier molecular flexibility index (Phi) is 6.59. The molecule has 130 valence electrons. The van der Waals surface area contributed by atoms with Gasteiger partial charge in [0.15, 0.2) is 0 Å².